The predicted octanol–water partition coefficient (Wildman–Crippen LogP) is 2.90. The number of carbonyl (C=O) groups is 1. The highest BCUT2D eigenvalue weighted by Crippen LogP contribution is 2.31. The van der Waals surface area contributed by atoms with Gasteiger partial charge < -0.3 is 14.9 Å². The molecule has 2 rings (SSSR count). The summed E-state index contributed by atoms with van der Waals surface area (Å²) in [7, 11) is 0. The monoisotopic (exact) mass is 366 g/mol. The molecular formula is C16H15F5O4. The van der Waals surface area contributed by atoms with Crippen molar-refractivity contribution in [3.05, 3.63) is 41.2 Å². The van der Waals surface area contributed by atoms with E-state index in [1.165, 1.54) is 6.08 Å². The molecule has 0 spiro atoms. The van der Waals surface area contributed by atoms with Crippen molar-refractivity contribution in [2.45, 2.75) is 43.8 Å². The van der Waals surface area contributed by atoms with Gasteiger partial charge in [-0.2, -0.15) is 8.78 Å². The maximum atomic E-state index is 13.5. The highest BCUT2D eigenvalue weighted by molar-refractivity contribution is 5.74. The van der Waals surface area contributed by atoms with E-state index in [4.69, 9.17) is 0 Å². The first-order valence-electron chi connectivity index (χ1n) is 7.46. The number of rotatable bonds is 3. The van der Waals surface area contributed by atoms with Crippen molar-refractivity contribution in [3.8, 4) is 5.75 Å². The molecule has 138 valence electrons. The summed E-state index contributed by atoms with van der Waals surface area (Å²) < 4.78 is 70.4. The standard InChI is InChI=1S/C16H15F5O4/c17-10-11(18)13(20)15(14(21)12(10)19)25-9(23)7-16(24)6-4-2-1-3-5-8(16)22/h3,5,8,22,24H,1-2,4,6-7H2/b5-3+. The maximum Gasteiger partial charge on any atom is 0.314 e. The zero-order valence-corrected chi connectivity index (χ0v) is 12.9. The molecule has 0 amide bonds. The van der Waals surface area contributed by atoms with E-state index in [1.807, 2.05) is 0 Å². The van der Waals surface area contributed by atoms with Crippen molar-refractivity contribution in [1.82, 2.24) is 0 Å². The summed E-state index contributed by atoms with van der Waals surface area (Å²) in [6, 6.07) is 0. The number of hydrogen-bond acceptors (Lipinski definition) is 4. The Balaban J connectivity index is 2.23. The van der Waals surface area contributed by atoms with Crippen LogP contribution in [0.4, 0.5) is 22.0 Å². The molecule has 1 aromatic rings. The fraction of sp³-hybridized carbons (Fsp3) is 0.438. The molecule has 9 heteroatoms. The lowest BCUT2D eigenvalue weighted by Crippen LogP contribution is -2.44. The number of aliphatic hydroxyl groups excluding tert-OH is 1. The normalized spacial score (nSPS) is 25.2. The van der Waals surface area contributed by atoms with E-state index in [2.05, 4.69) is 4.74 Å². The Morgan fingerprint density at radius 1 is 1.08 bits per heavy atom. The largest absolute Gasteiger partial charge is 0.420 e. The minimum atomic E-state index is -2.38. The number of hydrogen-bond donors (Lipinski definition) is 2. The number of ether oxygens (including phenoxy) is 1. The zero-order chi connectivity index (χ0) is 18.8. The second kappa shape index (κ2) is 7.49. The molecule has 2 unspecified atom stereocenters. The summed E-state index contributed by atoms with van der Waals surface area (Å²) in [5.41, 5.74) is -1.97. The van der Waals surface area contributed by atoms with E-state index < -0.39 is 58.9 Å². The third-order valence-corrected chi connectivity index (χ3v) is 3.94. The van der Waals surface area contributed by atoms with Crippen LogP contribution in [-0.2, 0) is 4.79 Å². The number of allylic oxidation sites excluding steroid dienone is 1. The molecule has 2 atom stereocenters. The van der Waals surface area contributed by atoms with Crippen molar-refractivity contribution in [2.75, 3.05) is 0 Å². The van der Waals surface area contributed by atoms with Crippen LogP contribution in [0.1, 0.15) is 32.1 Å². The van der Waals surface area contributed by atoms with Crippen molar-refractivity contribution >= 4 is 5.97 Å². The molecular weight excluding hydrogens is 351 g/mol. The van der Waals surface area contributed by atoms with Crippen LogP contribution in [0.15, 0.2) is 12.2 Å². The number of aliphatic hydroxyl groups is 2. The Kier molecular flexibility index (Phi) is 5.79. The fourth-order valence-corrected chi connectivity index (χ4v) is 2.51. The Bertz CT molecular complexity index is 677. The van der Waals surface area contributed by atoms with Gasteiger partial charge in [0.15, 0.2) is 0 Å². The van der Waals surface area contributed by atoms with Gasteiger partial charge in [-0.1, -0.05) is 18.6 Å². The van der Waals surface area contributed by atoms with Crippen molar-refractivity contribution in [1.29, 1.82) is 0 Å². The Morgan fingerprint density at radius 3 is 2.24 bits per heavy atom. The summed E-state index contributed by atoms with van der Waals surface area (Å²) >= 11 is 0. The molecule has 0 saturated heterocycles. The van der Waals surface area contributed by atoms with Crippen LogP contribution < -0.4 is 4.74 Å². The van der Waals surface area contributed by atoms with E-state index >= 15 is 0 Å². The second-order valence-electron chi connectivity index (χ2n) is 5.77. The smallest absolute Gasteiger partial charge is 0.314 e. The van der Waals surface area contributed by atoms with Crippen molar-refractivity contribution in [2.24, 2.45) is 0 Å². The number of benzene rings is 1. The molecule has 0 aliphatic heterocycles. The van der Waals surface area contributed by atoms with Gasteiger partial charge in [0.1, 0.15) is 11.7 Å². The van der Waals surface area contributed by atoms with E-state index in [9.17, 15) is 37.0 Å². The van der Waals surface area contributed by atoms with Crippen LogP contribution in [0.25, 0.3) is 0 Å². The summed E-state index contributed by atoms with van der Waals surface area (Å²) in [4.78, 5) is 11.9. The van der Waals surface area contributed by atoms with Crippen LogP contribution in [0, 0.1) is 29.1 Å². The SMILES string of the molecule is O=C(CC1(O)CCCC/C=C/C1O)Oc1c(F)c(F)c(F)c(F)c1F. The molecule has 0 radical (unpaired) electrons. The molecule has 0 heterocycles. The molecule has 1 aromatic carbocycles. The lowest BCUT2D eigenvalue weighted by atomic mass is 9.85. The second-order valence-corrected chi connectivity index (χ2v) is 5.77. The van der Waals surface area contributed by atoms with Gasteiger partial charge in [0.2, 0.25) is 34.8 Å². The molecule has 0 bridgehead atoms. The van der Waals surface area contributed by atoms with Gasteiger partial charge >= 0.3 is 5.97 Å². The predicted molar refractivity (Wildman–Crippen MR) is 75.0 cm³/mol. The maximum absolute atomic E-state index is 13.5. The zero-order valence-electron chi connectivity index (χ0n) is 12.9. The van der Waals surface area contributed by atoms with E-state index in [1.54, 1.807) is 6.08 Å². The lowest BCUT2D eigenvalue weighted by molar-refractivity contribution is -0.145. The average molecular weight is 366 g/mol. The van der Waals surface area contributed by atoms with Crippen LogP contribution in [0.5, 0.6) is 5.75 Å². The molecule has 1 aliphatic rings. The fourth-order valence-electron chi connectivity index (χ4n) is 2.51. The summed E-state index contributed by atoms with van der Waals surface area (Å²) in [6.45, 7) is 0. The molecule has 1 aliphatic carbocycles. The van der Waals surface area contributed by atoms with E-state index in [-0.39, 0.29) is 6.42 Å². The first-order chi connectivity index (χ1) is 11.7. The summed E-state index contributed by atoms with van der Waals surface area (Å²) in [5, 5.41) is 20.3. The van der Waals surface area contributed by atoms with Crippen LogP contribution in [-0.4, -0.2) is 27.9 Å². The van der Waals surface area contributed by atoms with Gasteiger partial charge in [-0.05, 0) is 19.3 Å². The number of carbonyl (C=O) groups excluding carboxylic acids is 1. The average Bonchev–Trinajstić information content (AvgIpc) is 2.56. The Morgan fingerprint density at radius 2 is 1.64 bits per heavy atom. The summed E-state index contributed by atoms with van der Waals surface area (Å²) in [6.07, 6.45) is 2.32. The first kappa shape index (κ1) is 19.3. The van der Waals surface area contributed by atoms with Crippen molar-refractivity contribution in [3.63, 3.8) is 0 Å². The van der Waals surface area contributed by atoms with Gasteiger partial charge in [-0.15, -0.1) is 0 Å². The van der Waals surface area contributed by atoms with Crippen LogP contribution in [0.2, 0.25) is 0 Å². The topological polar surface area (TPSA) is 66.8 Å². The van der Waals surface area contributed by atoms with Gasteiger partial charge in [0, 0.05) is 0 Å². The number of esters is 1. The highest BCUT2D eigenvalue weighted by Gasteiger charge is 2.38. The van der Waals surface area contributed by atoms with Gasteiger partial charge in [0.05, 0.1) is 6.42 Å². The quantitative estimate of drug-likeness (QED) is 0.216. The third-order valence-electron chi connectivity index (χ3n) is 3.94. The summed E-state index contributed by atoms with van der Waals surface area (Å²) in [5.74, 6) is -14.7. The molecule has 2 N–H and O–H groups in total. The first-order valence-corrected chi connectivity index (χ1v) is 7.46. The molecule has 0 fully saturated rings. The van der Waals surface area contributed by atoms with Crippen LogP contribution in [0.3, 0.4) is 0 Å². The van der Waals surface area contributed by atoms with Gasteiger partial charge in [-0.25, -0.2) is 13.2 Å². The highest BCUT2D eigenvalue weighted by atomic mass is 19.2. The lowest BCUT2D eigenvalue weighted by Gasteiger charge is -2.31. The molecule has 0 aromatic heterocycles. The van der Waals surface area contributed by atoms with E-state index in [0.29, 0.717) is 19.3 Å². The molecule has 0 saturated carbocycles. The molecule has 4 nitrogen and oxygen atoms in total. The van der Waals surface area contributed by atoms with E-state index in [0.717, 1.165) is 0 Å². The Hall–Kier alpha value is -2.00. The Labute approximate surface area is 139 Å². The van der Waals surface area contributed by atoms with Gasteiger partial charge in [0.25, 0.3) is 0 Å². The van der Waals surface area contributed by atoms with Crippen molar-refractivity contribution < 1.29 is 41.7 Å². The third kappa shape index (κ3) is 3.98. The number of halogens is 5. The minimum absolute atomic E-state index is 0.00922. The molecule has 25 heavy (non-hydrogen) atoms. The minimum Gasteiger partial charge on any atom is -0.420 e. The van der Waals surface area contributed by atoms with Gasteiger partial charge in [-0.3, -0.25) is 4.79 Å². The van der Waals surface area contributed by atoms with Crippen LogP contribution >= 0.6 is 0 Å².